The summed E-state index contributed by atoms with van der Waals surface area (Å²) >= 11 is 3.36. The predicted molar refractivity (Wildman–Crippen MR) is 113 cm³/mol. The zero-order chi connectivity index (χ0) is 20.8. The fourth-order valence-corrected chi connectivity index (χ4v) is 2.98. The minimum Gasteiger partial charge on any atom is -0.508 e. The van der Waals surface area contributed by atoms with Gasteiger partial charge in [0.2, 0.25) is 5.78 Å². The molecule has 0 aromatic heterocycles. The number of Topliss-reactive ketones (excluding diaryl/α,β-unsaturated/α-hetero) is 1. The van der Waals surface area contributed by atoms with Gasteiger partial charge in [-0.2, -0.15) is 10.5 Å². The molecule has 0 bridgehead atoms. The SMILES string of the molecule is N#CC(C#N)=C1C=CC=CN1/C(=C\c1ccc(O)cc1)C(=O)c1ccc(Br)cc1. The van der Waals surface area contributed by atoms with Crippen LogP contribution in [0.15, 0.2) is 94.4 Å². The lowest BCUT2D eigenvalue weighted by molar-refractivity contribution is 0.101. The Morgan fingerprint density at radius 2 is 1.66 bits per heavy atom. The van der Waals surface area contributed by atoms with E-state index in [1.54, 1.807) is 66.9 Å². The molecule has 0 amide bonds. The number of phenols is 1. The molecule has 0 atom stereocenters. The molecule has 0 unspecified atom stereocenters. The summed E-state index contributed by atoms with van der Waals surface area (Å²) in [7, 11) is 0. The molecule has 6 heteroatoms. The lowest BCUT2D eigenvalue weighted by atomic mass is 10.0. The first kappa shape index (κ1) is 19.9. The summed E-state index contributed by atoms with van der Waals surface area (Å²) in [6.45, 7) is 0. The zero-order valence-corrected chi connectivity index (χ0v) is 16.7. The highest BCUT2D eigenvalue weighted by atomic mass is 79.9. The van der Waals surface area contributed by atoms with Crippen molar-refractivity contribution >= 4 is 27.8 Å². The van der Waals surface area contributed by atoms with Gasteiger partial charge in [-0.1, -0.05) is 34.1 Å². The van der Waals surface area contributed by atoms with Crippen LogP contribution in [0.5, 0.6) is 5.75 Å². The zero-order valence-electron chi connectivity index (χ0n) is 15.1. The number of hydrogen-bond donors (Lipinski definition) is 1. The molecule has 1 heterocycles. The molecular formula is C23H14BrN3O2. The highest BCUT2D eigenvalue weighted by Crippen LogP contribution is 2.27. The second-order valence-corrected chi connectivity index (χ2v) is 6.93. The maximum atomic E-state index is 13.4. The molecule has 2 aromatic rings. The van der Waals surface area contributed by atoms with Gasteiger partial charge in [-0.15, -0.1) is 0 Å². The van der Waals surface area contributed by atoms with E-state index in [0.29, 0.717) is 16.8 Å². The largest absolute Gasteiger partial charge is 0.508 e. The summed E-state index contributed by atoms with van der Waals surface area (Å²) in [6, 6.07) is 17.1. The van der Waals surface area contributed by atoms with Crippen molar-refractivity contribution in [3.8, 4) is 17.9 Å². The highest BCUT2D eigenvalue weighted by molar-refractivity contribution is 9.10. The van der Waals surface area contributed by atoms with Crippen LogP contribution in [0.3, 0.4) is 0 Å². The van der Waals surface area contributed by atoms with Crippen LogP contribution in [0, 0.1) is 22.7 Å². The van der Waals surface area contributed by atoms with Crippen LogP contribution in [0.1, 0.15) is 15.9 Å². The van der Waals surface area contributed by atoms with E-state index >= 15 is 0 Å². The molecule has 1 aliphatic rings. The van der Waals surface area contributed by atoms with Crippen LogP contribution >= 0.6 is 15.9 Å². The first-order valence-corrected chi connectivity index (χ1v) is 9.32. The molecule has 3 rings (SSSR count). The third-order valence-corrected chi connectivity index (χ3v) is 4.66. The number of rotatable bonds is 4. The quantitative estimate of drug-likeness (QED) is 0.404. The fraction of sp³-hybridized carbons (Fsp3) is 0. The van der Waals surface area contributed by atoms with Gasteiger partial charge < -0.3 is 10.0 Å². The van der Waals surface area contributed by atoms with Crippen molar-refractivity contribution in [3.63, 3.8) is 0 Å². The van der Waals surface area contributed by atoms with Crippen LogP contribution in [-0.4, -0.2) is 15.8 Å². The van der Waals surface area contributed by atoms with Gasteiger partial charge in [-0.25, -0.2) is 0 Å². The average molecular weight is 444 g/mol. The van der Waals surface area contributed by atoms with Gasteiger partial charge in [0.25, 0.3) is 0 Å². The Kier molecular flexibility index (Phi) is 6.09. The number of ketones is 1. The van der Waals surface area contributed by atoms with E-state index in [9.17, 15) is 20.4 Å². The van der Waals surface area contributed by atoms with E-state index in [0.717, 1.165) is 4.47 Å². The molecule has 0 saturated heterocycles. The summed E-state index contributed by atoms with van der Waals surface area (Å²) in [6.07, 6.45) is 8.31. The molecule has 0 spiro atoms. The molecule has 2 aromatic carbocycles. The lowest BCUT2D eigenvalue weighted by Crippen LogP contribution is -2.24. The Hall–Kier alpha value is -3.87. The first-order chi connectivity index (χ1) is 14.0. The smallest absolute Gasteiger partial charge is 0.209 e. The number of hydrogen-bond acceptors (Lipinski definition) is 5. The van der Waals surface area contributed by atoms with Gasteiger partial charge in [0, 0.05) is 16.2 Å². The van der Waals surface area contributed by atoms with Crippen LogP contribution in [0.25, 0.3) is 6.08 Å². The normalized spacial score (nSPS) is 13.0. The molecular weight excluding hydrogens is 430 g/mol. The van der Waals surface area contributed by atoms with Gasteiger partial charge in [0.1, 0.15) is 17.9 Å². The summed E-state index contributed by atoms with van der Waals surface area (Å²) in [5.41, 5.74) is 1.60. The number of carbonyl (C=O) groups excluding carboxylic acids is 1. The summed E-state index contributed by atoms with van der Waals surface area (Å²) in [5.74, 6) is -0.168. The van der Waals surface area contributed by atoms with E-state index in [1.165, 1.54) is 17.0 Å². The molecule has 5 nitrogen and oxygen atoms in total. The van der Waals surface area contributed by atoms with Crippen molar-refractivity contribution < 1.29 is 9.90 Å². The van der Waals surface area contributed by atoms with E-state index in [1.807, 2.05) is 12.1 Å². The van der Waals surface area contributed by atoms with Crippen LogP contribution in [0.2, 0.25) is 0 Å². The predicted octanol–water partition coefficient (Wildman–Crippen LogP) is 5.07. The third-order valence-electron chi connectivity index (χ3n) is 4.13. The minimum absolute atomic E-state index is 0.106. The van der Waals surface area contributed by atoms with Gasteiger partial charge in [0.05, 0.1) is 11.4 Å². The van der Waals surface area contributed by atoms with Crippen LogP contribution in [0.4, 0.5) is 0 Å². The summed E-state index contributed by atoms with van der Waals surface area (Å²) in [5, 5.41) is 28.2. The maximum Gasteiger partial charge on any atom is 0.209 e. The molecule has 29 heavy (non-hydrogen) atoms. The number of benzene rings is 2. The van der Waals surface area contributed by atoms with Gasteiger partial charge in [-0.05, 0) is 60.2 Å². The van der Waals surface area contributed by atoms with Gasteiger partial charge >= 0.3 is 0 Å². The topological polar surface area (TPSA) is 88.1 Å². The third kappa shape index (κ3) is 4.52. The minimum atomic E-state index is -0.279. The molecule has 1 aliphatic heterocycles. The lowest BCUT2D eigenvalue weighted by Gasteiger charge is -2.26. The molecule has 0 radical (unpaired) electrons. The Balaban J connectivity index is 2.17. The average Bonchev–Trinajstić information content (AvgIpc) is 2.75. The number of halogens is 1. The number of nitrogens with zero attached hydrogens (tertiary/aromatic N) is 3. The van der Waals surface area contributed by atoms with Crippen molar-refractivity contribution in [2.45, 2.75) is 0 Å². The van der Waals surface area contributed by atoms with E-state index < -0.39 is 0 Å². The van der Waals surface area contributed by atoms with Gasteiger partial charge in [0.15, 0.2) is 5.57 Å². The Labute approximate surface area is 176 Å². The molecule has 140 valence electrons. The molecule has 1 N–H and O–H groups in total. The number of aromatic hydroxyl groups is 1. The number of allylic oxidation sites excluding steroid dienone is 5. The molecule has 0 saturated carbocycles. The monoisotopic (exact) mass is 443 g/mol. The van der Waals surface area contributed by atoms with Crippen molar-refractivity contribution in [2.75, 3.05) is 0 Å². The fourth-order valence-electron chi connectivity index (χ4n) is 2.72. The first-order valence-electron chi connectivity index (χ1n) is 8.53. The highest BCUT2D eigenvalue weighted by Gasteiger charge is 2.23. The second-order valence-electron chi connectivity index (χ2n) is 6.01. The van der Waals surface area contributed by atoms with Crippen molar-refractivity contribution in [1.29, 1.82) is 10.5 Å². The molecule has 0 aliphatic carbocycles. The number of phenolic OH excluding ortho intramolecular Hbond substituents is 1. The van der Waals surface area contributed by atoms with E-state index in [4.69, 9.17) is 0 Å². The van der Waals surface area contributed by atoms with E-state index in [2.05, 4.69) is 15.9 Å². The standard InChI is InChI=1S/C23H14BrN3O2/c24-19-8-6-17(7-9-19)23(29)22(13-16-4-10-20(28)11-5-16)27-12-2-1-3-21(27)18(14-25)15-26/h1-13,28H/b22-13-. The second kappa shape index (κ2) is 8.88. The Bertz CT molecular complexity index is 1130. The number of carbonyl (C=O) groups is 1. The molecule has 0 fully saturated rings. The Morgan fingerprint density at radius 1 is 1.00 bits per heavy atom. The Morgan fingerprint density at radius 3 is 2.28 bits per heavy atom. The van der Waals surface area contributed by atoms with E-state index in [-0.39, 0.29) is 22.8 Å². The number of nitriles is 2. The van der Waals surface area contributed by atoms with Gasteiger partial charge in [-0.3, -0.25) is 4.79 Å². The van der Waals surface area contributed by atoms with Crippen molar-refractivity contribution in [1.82, 2.24) is 4.90 Å². The van der Waals surface area contributed by atoms with Crippen molar-refractivity contribution in [3.05, 3.63) is 106 Å². The maximum absolute atomic E-state index is 13.4. The van der Waals surface area contributed by atoms with Crippen molar-refractivity contribution in [2.24, 2.45) is 0 Å². The van der Waals surface area contributed by atoms with Crippen LogP contribution < -0.4 is 0 Å². The summed E-state index contributed by atoms with van der Waals surface area (Å²) < 4.78 is 0.843. The summed E-state index contributed by atoms with van der Waals surface area (Å²) in [4.78, 5) is 14.9. The van der Waals surface area contributed by atoms with Crippen LogP contribution in [-0.2, 0) is 0 Å².